The molecule has 0 fully saturated rings. The van der Waals surface area contributed by atoms with Gasteiger partial charge >= 0.3 is 0 Å². The molecule has 0 aliphatic heterocycles. The highest BCUT2D eigenvalue weighted by molar-refractivity contribution is 5.15. The highest BCUT2D eigenvalue weighted by Gasteiger charge is 2.18. The van der Waals surface area contributed by atoms with Gasteiger partial charge in [0, 0.05) is 12.3 Å². The molecule has 1 aliphatic rings. The maximum Gasteiger partial charge on any atom is 0.121 e. The van der Waals surface area contributed by atoms with E-state index in [0.29, 0.717) is 0 Å². The molecule has 0 aromatic heterocycles. The lowest BCUT2D eigenvalue weighted by Crippen LogP contribution is -2.19. The summed E-state index contributed by atoms with van der Waals surface area (Å²) in [5.41, 5.74) is 2.43. The van der Waals surface area contributed by atoms with Gasteiger partial charge < -0.3 is 5.11 Å². The van der Waals surface area contributed by atoms with Gasteiger partial charge in [0.15, 0.2) is 0 Å². The predicted molar refractivity (Wildman–Crippen MR) is 64.3 cm³/mol. The first-order chi connectivity index (χ1) is 7.11. The summed E-state index contributed by atoms with van der Waals surface area (Å²) in [6, 6.07) is 0. The fourth-order valence-electron chi connectivity index (χ4n) is 1.83. The molecule has 0 heterocycles. The summed E-state index contributed by atoms with van der Waals surface area (Å²) < 4.78 is 0. The van der Waals surface area contributed by atoms with Gasteiger partial charge in [-0.25, -0.2) is 0 Å². The van der Waals surface area contributed by atoms with Crippen LogP contribution >= 0.6 is 0 Å². The molecule has 0 spiro atoms. The van der Waals surface area contributed by atoms with Crippen molar-refractivity contribution in [1.82, 2.24) is 0 Å². The van der Waals surface area contributed by atoms with Crippen LogP contribution in [0, 0.1) is 17.8 Å². The second kappa shape index (κ2) is 5.78. The molecule has 0 amide bonds. The Kier molecular flexibility index (Phi) is 4.65. The van der Waals surface area contributed by atoms with E-state index in [0.717, 1.165) is 31.3 Å². The SMILES string of the molecule is C=C(C)[C@H]1CC/C(C)=C/CCC#C[C@@H]1O. The Labute approximate surface area is 92.9 Å². The molecular formula is C14H20O. The molecule has 0 unspecified atom stereocenters. The zero-order valence-electron chi connectivity index (χ0n) is 9.71. The molecule has 1 N–H and O–H groups in total. The van der Waals surface area contributed by atoms with Crippen molar-refractivity contribution in [3.8, 4) is 11.8 Å². The Morgan fingerprint density at radius 1 is 1.60 bits per heavy atom. The Balaban J connectivity index is 2.77. The van der Waals surface area contributed by atoms with E-state index in [1.807, 2.05) is 6.92 Å². The average Bonchev–Trinajstić information content (AvgIpc) is 2.16. The van der Waals surface area contributed by atoms with E-state index in [9.17, 15) is 5.11 Å². The minimum Gasteiger partial charge on any atom is -0.380 e. The molecule has 0 saturated heterocycles. The predicted octanol–water partition coefficient (Wildman–Crippen LogP) is 3.06. The fraction of sp³-hybridized carbons (Fsp3) is 0.571. The lowest BCUT2D eigenvalue weighted by Gasteiger charge is -2.20. The minimum atomic E-state index is -0.534. The van der Waals surface area contributed by atoms with Crippen LogP contribution in [0.15, 0.2) is 23.8 Å². The number of hydrogen-bond donors (Lipinski definition) is 1. The topological polar surface area (TPSA) is 20.2 Å². The normalized spacial score (nSPS) is 30.7. The van der Waals surface area contributed by atoms with Crippen LogP contribution in [0.5, 0.6) is 0 Å². The zero-order valence-corrected chi connectivity index (χ0v) is 9.71. The molecule has 0 aromatic rings. The smallest absolute Gasteiger partial charge is 0.121 e. The summed E-state index contributed by atoms with van der Waals surface area (Å²) in [6.45, 7) is 8.06. The van der Waals surface area contributed by atoms with Crippen LogP contribution < -0.4 is 0 Å². The van der Waals surface area contributed by atoms with E-state index < -0.39 is 6.10 Å². The van der Waals surface area contributed by atoms with Crippen LogP contribution in [0.25, 0.3) is 0 Å². The molecule has 1 nitrogen and oxygen atoms in total. The van der Waals surface area contributed by atoms with Crippen LogP contribution in [-0.2, 0) is 0 Å². The van der Waals surface area contributed by atoms with Gasteiger partial charge in [-0.15, -0.1) is 5.92 Å². The molecule has 2 atom stereocenters. The summed E-state index contributed by atoms with van der Waals surface area (Å²) in [6.07, 6.45) is 5.56. The van der Waals surface area contributed by atoms with Crippen molar-refractivity contribution < 1.29 is 5.11 Å². The van der Waals surface area contributed by atoms with Gasteiger partial charge in [0.05, 0.1) is 0 Å². The van der Waals surface area contributed by atoms with Crippen molar-refractivity contribution in [3.05, 3.63) is 23.8 Å². The number of allylic oxidation sites excluding steroid dienone is 2. The third-order valence-corrected chi connectivity index (χ3v) is 2.88. The van der Waals surface area contributed by atoms with Gasteiger partial charge in [-0.2, -0.15) is 0 Å². The van der Waals surface area contributed by atoms with Gasteiger partial charge in [0.25, 0.3) is 0 Å². The number of rotatable bonds is 1. The molecule has 1 rings (SSSR count). The van der Waals surface area contributed by atoms with Crippen molar-refractivity contribution in [2.45, 2.75) is 45.6 Å². The summed E-state index contributed by atoms with van der Waals surface area (Å²) in [5.74, 6) is 6.06. The van der Waals surface area contributed by atoms with Gasteiger partial charge in [-0.05, 0) is 33.1 Å². The van der Waals surface area contributed by atoms with E-state index >= 15 is 0 Å². The summed E-state index contributed by atoms with van der Waals surface area (Å²) in [4.78, 5) is 0. The first-order valence-electron chi connectivity index (χ1n) is 5.58. The molecule has 0 bridgehead atoms. The molecule has 15 heavy (non-hydrogen) atoms. The van der Waals surface area contributed by atoms with E-state index in [1.165, 1.54) is 5.57 Å². The molecule has 1 heteroatoms. The Morgan fingerprint density at radius 2 is 2.33 bits per heavy atom. The Morgan fingerprint density at radius 3 is 3.00 bits per heavy atom. The molecule has 0 aromatic carbocycles. The zero-order chi connectivity index (χ0) is 11.3. The van der Waals surface area contributed by atoms with E-state index in [2.05, 4.69) is 31.4 Å². The summed E-state index contributed by atoms with van der Waals surface area (Å²) in [7, 11) is 0. The second-order valence-corrected chi connectivity index (χ2v) is 4.35. The molecule has 1 aliphatic carbocycles. The van der Waals surface area contributed by atoms with E-state index in [1.54, 1.807) is 0 Å². The molecule has 0 saturated carbocycles. The van der Waals surface area contributed by atoms with Crippen LogP contribution in [0.3, 0.4) is 0 Å². The van der Waals surface area contributed by atoms with Gasteiger partial charge in [0.2, 0.25) is 0 Å². The molecule has 0 radical (unpaired) electrons. The lowest BCUT2D eigenvalue weighted by atomic mass is 9.88. The highest BCUT2D eigenvalue weighted by atomic mass is 16.3. The second-order valence-electron chi connectivity index (χ2n) is 4.35. The number of aliphatic hydroxyl groups excluding tert-OH is 1. The quantitative estimate of drug-likeness (QED) is 0.514. The monoisotopic (exact) mass is 204 g/mol. The average molecular weight is 204 g/mol. The van der Waals surface area contributed by atoms with Gasteiger partial charge in [-0.1, -0.05) is 29.7 Å². The van der Waals surface area contributed by atoms with E-state index in [-0.39, 0.29) is 5.92 Å². The van der Waals surface area contributed by atoms with Crippen LogP contribution in [-0.4, -0.2) is 11.2 Å². The van der Waals surface area contributed by atoms with Crippen LogP contribution in [0.4, 0.5) is 0 Å². The number of aliphatic hydroxyl groups is 1. The summed E-state index contributed by atoms with van der Waals surface area (Å²) >= 11 is 0. The maximum atomic E-state index is 9.89. The fourth-order valence-corrected chi connectivity index (χ4v) is 1.83. The first-order valence-corrected chi connectivity index (χ1v) is 5.58. The van der Waals surface area contributed by atoms with E-state index in [4.69, 9.17) is 0 Å². The molecular weight excluding hydrogens is 184 g/mol. The van der Waals surface area contributed by atoms with Crippen molar-refractivity contribution >= 4 is 0 Å². The third kappa shape index (κ3) is 3.93. The maximum absolute atomic E-state index is 9.89. The van der Waals surface area contributed by atoms with Crippen LogP contribution in [0.1, 0.15) is 39.5 Å². The Hall–Kier alpha value is -1.00. The van der Waals surface area contributed by atoms with Crippen molar-refractivity contribution in [3.63, 3.8) is 0 Å². The lowest BCUT2D eigenvalue weighted by molar-refractivity contribution is 0.174. The van der Waals surface area contributed by atoms with Crippen LogP contribution in [0.2, 0.25) is 0 Å². The van der Waals surface area contributed by atoms with Gasteiger partial charge in [0.1, 0.15) is 6.10 Å². The highest BCUT2D eigenvalue weighted by Crippen LogP contribution is 2.22. The van der Waals surface area contributed by atoms with Gasteiger partial charge in [-0.3, -0.25) is 0 Å². The summed E-state index contributed by atoms with van der Waals surface area (Å²) in [5, 5.41) is 9.89. The molecule has 82 valence electrons. The van der Waals surface area contributed by atoms with Crippen molar-refractivity contribution in [2.24, 2.45) is 5.92 Å². The largest absolute Gasteiger partial charge is 0.380 e. The number of hydrogen-bond acceptors (Lipinski definition) is 1. The third-order valence-electron chi connectivity index (χ3n) is 2.88. The minimum absolute atomic E-state index is 0.124. The van der Waals surface area contributed by atoms with Crippen molar-refractivity contribution in [1.29, 1.82) is 0 Å². The Bertz CT molecular complexity index is 314. The standard InChI is InChI=1S/C14H20O/c1-11(2)13-10-9-12(3)7-5-4-6-8-14(13)15/h7,13-15H,1,4-5,9-10H2,2-3H3/b12-7+/t13-,14+/m1/s1. The first kappa shape index (κ1) is 12.1. The van der Waals surface area contributed by atoms with Crippen molar-refractivity contribution in [2.75, 3.05) is 0 Å².